The average Bonchev–Trinajstić information content (AvgIpc) is 3.11. The number of methoxy groups -OCH3 is 2. The van der Waals surface area contributed by atoms with Crippen molar-refractivity contribution >= 4 is 57.3 Å². The Kier molecular flexibility index (Phi) is 13.0. The van der Waals surface area contributed by atoms with Crippen LogP contribution >= 0.6 is 40.4 Å². The van der Waals surface area contributed by atoms with Gasteiger partial charge in [-0.2, -0.15) is 0 Å². The summed E-state index contributed by atoms with van der Waals surface area (Å²) in [6.45, 7) is 5.59. The summed E-state index contributed by atoms with van der Waals surface area (Å²) in [5.41, 5.74) is 0.922. The Morgan fingerprint density at radius 3 is 2.03 bits per heavy atom. The fraction of sp³-hybridized carbons (Fsp3) is 0.571. The van der Waals surface area contributed by atoms with Crippen molar-refractivity contribution in [3.63, 3.8) is 0 Å². The number of carbonyl (C=O) groups is 1. The van der Waals surface area contributed by atoms with Crippen molar-refractivity contribution < 1.29 is 26.8 Å². The Hall–Kier alpha value is -0.420. The maximum atomic E-state index is 13.3. The first-order chi connectivity index (χ1) is 15.9. The topological polar surface area (TPSA) is 74.3 Å². The maximum absolute atomic E-state index is 13.3. The van der Waals surface area contributed by atoms with E-state index in [4.69, 9.17) is 30.1 Å². The van der Waals surface area contributed by atoms with Crippen LogP contribution in [0.25, 0.3) is 0 Å². The summed E-state index contributed by atoms with van der Waals surface area (Å²) >= 11 is 7.25. The van der Waals surface area contributed by atoms with Gasteiger partial charge >= 0.3 is 0 Å². The summed E-state index contributed by atoms with van der Waals surface area (Å²) in [7, 11) is 1.53. The third-order valence-corrected chi connectivity index (χ3v) is 15.9. The maximum Gasteiger partial charge on any atom is 0.292 e. The zero-order chi connectivity index (χ0) is 24.3. The van der Waals surface area contributed by atoms with Crippen molar-refractivity contribution in [2.45, 2.75) is 46.0 Å². The number of rotatable bonds is 16. The molecule has 12 heteroatoms. The van der Waals surface area contributed by atoms with Gasteiger partial charge in [-0.25, -0.2) is 4.21 Å². The lowest BCUT2D eigenvalue weighted by Crippen LogP contribution is -2.29. The van der Waals surface area contributed by atoms with Gasteiger partial charge in [0.15, 0.2) is 11.0 Å². The standard InChI is InChI=1S/C21H33NO6PS4/c1-5-7-11-27-31-29(30,32-28-12-8-6-2)21-16-20(23)22(33(21)24)10-9-17-13-18(25-3)15-19(14-17)26-4/h13-16,30H,5-12H2,1-4H3/q+1. The minimum absolute atomic E-state index is 0.290. The monoisotopic (exact) mass is 554 g/mol. The van der Waals surface area contributed by atoms with Crippen molar-refractivity contribution in [1.29, 1.82) is 0 Å². The van der Waals surface area contributed by atoms with Gasteiger partial charge < -0.3 is 9.47 Å². The van der Waals surface area contributed by atoms with E-state index in [0.717, 1.165) is 31.2 Å². The van der Waals surface area contributed by atoms with Crippen LogP contribution in [0.1, 0.15) is 45.1 Å². The van der Waals surface area contributed by atoms with Gasteiger partial charge in [-0.15, -0.1) is 0 Å². The van der Waals surface area contributed by atoms with E-state index in [1.807, 2.05) is 12.1 Å². The molecule has 0 fully saturated rings. The van der Waals surface area contributed by atoms with E-state index < -0.39 is 15.9 Å². The molecular weight excluding hydrogens is 521 g/mol. The third kappa shape index (κ3) is 8.63. The number of amides is 1. The number of unbranched alkanes of at least 4 members (excludes halogenated alkanes) is 2. The minimum atomic E-state index is -2.51. The average molecular weight is 555 g/mol. The van der Waals surface area contributed by atoms with Gasteiger partial charge in [-0.05, 0) is 37.0 Å². The van der Waals surface area contributed by atoms with Crippen LogP contribution in [0.4, 0.5) is 0 Å². The summed E-state index contributed by atoms with van der Waals surface area (Å²) in [5, 5.41) is 0. The van der Waals surface area contributed by atoms with Gasteiger partial charge in [-0.3, -0.25) is 17.5 Å². The molecule has 1 aliphatic rings. The second-order valence-electron chi connectivity index (χ2n) is 7.16. The number of hydrogen-bond acceptors (Lipinski definition) is 9. The van der Waals surface area contributed by atoms with Crippen LogP contribution in [0.2, 0.25) is 0 Å². The predicted octanol–water partition coefficient (Wildman–Crippen LogP) is 6.22. The van der Waals surface area contributed by atoms with Crippen LogP contribution in [-0.2, 0) is 30.6 Å². The van der Waals surface area contributed by atoms with Crippen LogP contribution < -0.4 is 9.47 Å². The van der Waals surface area contributed by atoms with Crippen LogP contribution in [0, 0.1) is 0 Å². The molecule has 1 aliphatic heterocycles. The lowest BCUT2D eigenvalue weighted by atomic mass is 10.1. The highest BCUT2D eigenvalue weighted by Gasteiger charge is 2.54. The van der Waals surface area contributed by atoms with Gasteiger partial charge in [0.05, 0.1) is 33.5 Å². The molecule has 1 unspecified atom stereocenters. The van der Waals surface area contributed by atoms with Gasteiger partial charge in [0.1, 0.15) is 11.5 Å². The molecule has 0 aromatic heterocycles. The molecule has 0 saturated carbocycles. The van der Waals surface area contributed by atoms with Crippen molar-refractivity contribution in [2.75, 3.05) is 34.0 Å². The van der Waals surface area contributed by atoms with Gasteiger partial charge in [0, 0.05) is 24.9 Å². The highest BCUT2D eigenvalue weighted by Crippen LogP contribution is 2.89. The molecule has 2 rings (SSSR count). The van der Waals surface area contributed by atoms with Crippen molar-refractivity contribution in [3.05, 3.63) is 34.5 Å². The first-order valence-electron chi connectivity index (χ1n) is 10.8. The van der Waals surface area contributed by atoms with Crippen LogP contribution in [0.5, 0.6) is 11.5 Å². The van der Waals surface area contributed by atoms with Crippen molar-refractivity contribution in [2.24, 2.45) is 0 Å². The van der Waals surface area contributed by atoms with E-state index in [2.05, 4.69) is 13.8 Å². The number of carbonyl (C=O) groups excluding carboxylic acids is 1. The highest BCUT2D eigenvalue weighted by molar-refractivity contribution is 9.16. The predicted molar refractivity (Wildman–Crippen MR) is 144 cm³/mol. The number of hydrogen-bond donors (Lipinski definition) is 1. The number of nitrogens with zero attached hydrogens (tertiary/aromatic N) is 1. The van der Waals surface area contributed by atoms with Gasteiger partial charge in [0.2, 0.25) is 28.0 Å². The molecule has 1 amide bonds. The molecular formula is C21H33NO6PS4+. The Morgan fingerprint density at radius 2 is 1.55 bits per heavy atom. The summed E-state index contributed by atoms with van der Waals surface area (Å²) in [6, 6.07) is 5.55. The Bertz CT molecular complexity index is 807. The fourth-order valence-corrected chi connectivity index (χ4v) is 12.3. The van der Waals surface area contributed by atoms with Gasteiger partial charge in [0.25, 0.3) is 10.8 Å². The first-order valence-corrected chi connectivity index (χ1v) is 17.5. The van der Waals surface area contributed by atoms with E-state index in [1.165, 1.54) is 33.7 Å². The smallest absolute Gasteiger partial charge is 0.292 e. The lowest BCUT2D eigenvalue weighted by Gasteiger charge is -2.18. The van der Waals surface area contributed by atoms with E-state index >= 15 is 0 Å². The van der Waals surface area contributed by atoms with Crippen molar-refractivity contribution in [1.82, 2.24) is 4.31 Å². The normalized spacial score (nSPS) is 16.3. The van der Waals surface area contributed by atoms with Gasteiger partial charge in [-0.1, -0.05) is 26.7 Å². The second kappa shape index (κ2) is 14.9. The van der Waals surface area contributed by atoms with E-state index in [1.54, 1.807) is 20.3 Å². The highest BCUT2D eigenvalue weighted by atomic mass is 33.4. The molecule has 33 heavy (non-hydrogen) atoms. The zero-order valence-corrected chi connectivity index (χ0v) is 23.7. The molecule has 7 nitrogen and oxygen atoms in total. The molecule has 0 radical (unpaired) electrons. The third-order valence-electron chi connectivity index (χ3n) is 4.64. The quantitative estimate of drug-likeness (QED) is 0.112. The first kappa shape index (κ1) is 28.8. The van der Waals surface area contributed by atoms with Crippen LogP contribution in [0.3, 0.4) is 0 Å². The molecule has 186 valence electrons. The molecule has 0 bridgehead atoms. The van der Waals surface area contributed by atoms with Crippen LogP contribution in [-0.4, -0.2) is 48.4 Å². The minimum Gasteiger partial charge on any atom is -0.497 e. The SMILES string of the molecule is CCCCOS[P+](S)(SOCCCC)C1=CC(=O)N(CCc2cc(OC)cc(OC)c2)S1=O. The molecule has 1 atom stereocenters. The largest absolute Gasteiger partial charge is 0.497 e. The second-order valence-corrected chi connectivity index (χ2v) is 19.4. The van der Waals surface area contributed by atoms with E-state index in [9.17, 15) is 9.00 Å². The summed E-state index contributed by atoms with van der Waals surface area (Å²) < 4.78 is 37.3. The summed E-state index contributed by atoms with van der Waals surface area (Å²) in [5.74, 6) is 1.04. The number of ether oxygens (including phenoxy) is 2. The molecule has 1 heterocycles. The van der Waals surface area contributed by atoms with Crippen LogP contribution in [0.15, 0.2) is 28.9 Å². The molecule has 1 aromatic rings. The molecule has 1 aromatic carbocycles. The Morgan fingerprint density at radius 1 is 1.00 bits per heavy atom. The molecule has 0 saturated heterocycles. The Balaban J connectivity index is 2.10. The molecule has 0 spiro atoms. The Labute approximate surface area is 213 Å². The summed E-state index contributed by atoms with van der Waals surface area (Å²) in [4.78, 5) is 10.2. The zero-order valence-electron chi connectivity index (χ0n) is 19.5. The summed E-state index contributed by atoms with van der Waals surface area (Å²) in [6.07, 6.45) is 5.79. The lowest BCUT2D eigenvalue weighted by molar-refractivity contribution is -0.121. The van der Waals surface area contributed by atoms with E-state index in [0.29, 0.717) is 35.8 Å². The van der Waals surface area contributed by atoms with E-state index in [-0.39, 0.29) is 12.5 Å². The molecule has 0 aliphatic carbocycles. The van der Waals surface area contributed by atoms with Crippen molar-refractivity contribution in [3.8, 4) is 11.5 Å². The number of benzene rings is 1. The fourth-order valence-electron chi connectivity index (χ4n) is 2.75. The molecule has 0 N–H and O–H groups in total. The number of thiol groups is 1.